The Bertz CT molecular complexity index is 370. The number of rotatable bonds is 2. The van der Waals surface area contributed by atoms with Crippen LogP contribution in [0.3, 0.4) is 0 Å². The highest BCUT2D eigenvalue weighted by Crippen LogP contribution is 2.43. The fourth-order valence-electron chi connectivity index (χ4n) is 4.00. The minimum atomic E-state index is 0.304. The van der Waals surface area contributed by atoms with Gasteiger partial charge in [0.1, 0.15) is 0 Å². The van der Waals surface area contributed by atoms with Crippen molar-refractivity contribution in [3.8, 4) is 0 Å². The van der Waals surface area contributed by atoms with E-state index in [2.05, 4.69) is 22.1 Å². The summed E-state index contributed by atoms with van der Waals surface area (Å²) in [5.74, 6) is 1.10. The van der Waals surface area contributed by atoms with Gasteiger partial charge in [0.2, 0.25) is 0 Å². The lowest BCUT2D eigenvalue weighted by atomic mass is 9.73. The largest absolute Gasteiger partial charge is 0.380 e. The molecule has 1 N–H and O–H groups in total. The fraction of sp³-hybridized carbons (Fsp3) is 0.938. The number of likely N-dealkylation sites (tertiary alicyclic amines) is 1. The summed E-state index contributed by atoms with van der Waals surface area (Å²) in [6.07, 6.45) is 8.49. The van der Waals surface area contributed by atoms with Crippen LogP contribution in [0, 0.1) is 10.8 Å². The Hall–Kier alpha value is -0.770. The second kappa shape index (κ2) is 5.55. The van der Waals surface area contributed by atoms with Crippen molar-refractivity contribution in [3.05, 3.63) is 0 Å². The Morgan fingerprint density at radius 1 is 1.20 bits per heavy atom. The number of hydrogen-bond donors (Lipinski definition) is 1. The molecule has 3 fully saturated rings. The van der Waals surface area contributed by atoms with Crippen LogP contribution < -0.4 is 5.32 Å². The number of ether oxygens (including phenoxy) is 1. The lowest BCUT2D eigenvalue weighted by Gasteiger charge is -2.39. The maximum Gasteiger partial charge on any atom is 0.193 e. The molecule has 0 aromatic heterocycles. The molecule has 1 saturated carbocycles. The van der Waals surface area contributed by atoms with Gasteiger partial charge in [-0.3, -0.25) is 4.99 Å². The third kappa shape index (κ3) is 2.80. The van der Waals surface area contributed by atoms with Crippen LogP contribution in [-0.4, -0.2) is 50.8 Å². The van der Waals surface area contributed by atoms with Gasteiger partial charge in [-0.25, -0.2) is 0 Å². The zero-order valence-electron chi connectivity index (χ0n) is 13.1. The number of guanidine groups is 1. The van der Waals surface area contributed by atoms with Crippen molar-refractivity contribution >= 4 is 5.96 Å². The number of nitrogens with zero attached hydrogens (tertiary/aromatic N) is 2. The first-order chi connectivity index (χ1) is 9.65. The average molecular weight is 279 g/mol. The summed E-state index contributed by atoms with van der Waals surface area (Å²) in [5.41, 5.74) is 0.900. The van der Waals surface area contributed by atoms with E-state index in [4.69, 9.17) is 4.74 Å². The average Bonchev–Trinajstić information content (AvgIpc) is 2.82. The van der Waals surface area contributed by atoms with Crippen molar-refractivity contribution < 1.29 is 4.74 Å². The van der Waals surface area contributed by atoms with Crippen LogP contribution in [0.2, 0.25) is 0 Å². The van der Waals surface area contributed by atoms with E-state index in [-0.39, 0.29) is 0 Å². The van der Waals surface area contributed by atoms with E-state index in [0.717, 1.165) is 25.7 Å². The monoisotopic (exact) mass is 279 g/mol. The Balaban J connectivity index is 1.54. The summed E-state index contributed by atoms with van der Waals surface area (Å²) in [4.78, 5) is 6.98. The summed E-state index contributed by atoms with van der Waals surface area (Å²) in [7, 11) is 1.91. The van der Waals surface area contributed by atoms with Gasteiger partial charge in [0.15, 0.2) is 5.96 Å². The minimum absolute atomic E-state index is 0.304. The molecule has 0 amide bonds. The van der Waals surface area contributed by atoms with Gasteiger partial charge in [0.25, 0.3) is 0 Å². The zero-order valence-corrected chi connectivity index (χ0v) is 13.1. The van der Waals surface area contributed by atoms with E-state index in [9.17, 15) is 0 Å². The molecular weight excluding hydrogens is 250 g/mol. The zero-order chi connectivity index (χ0) is 14.1. The third-order valence-corrected chi connectivity index (χ3v) is 5.44. The molecule has 0 radical (unpaired) electrons. The highest BCUT2D eigenvalue weighted by molar-refractivity contribution is 5.80. The molecule has 2 saturated heterocycles. The second-order valence-electron chi connectivity index (χ2n) is 7.44. The molecule has 3 aliphatic rings. The van der Waals surface area contributed by atoms with Gasteiger partial charge < -0.3 is 15.0 Å². The lowest BCUT2D eigenvalue weighted by Crippen LogP contribution is -2.51. The summed E-state index contributed by atoms with van der Waals surface area (Å²) >= 11 is 0. The molecule has 2 heterocycles. The topological polar surface area (TPSA) is 36.9 Å². The van der Waals surface area contributed by atoms with Gasteiger partial charge in [-0.05, 0) is 24.7 Å². The molecule has 4 heteroatoms. The number of nitrogens with one attached hydrogen (secondary N) is 1. The van der Waals surface area contributed by atoms with E-state index in [1.54, 1.807) is 0 Å². The highest BCUT2D eigenvalue weighted by Gasteiger charge is 2.40. The molecule has 4 nitrogen and oxygen atoms in total. The predicted octanol–water partition coefficient (Wildman–Crippen LogP) is 2.25. The summed E-state index contributed by atoms with van der Waals surface area (Å²) in [6.45, 7) is 7.39. The first kappa shape index (κ1) is 14.2. The number of hydrogen-bond acceptors (Lipinski definition) is 2. The molecular formula is C16H29N3O. The molecule has 20 heavy (non-hydrogen) atoms. The molecule has 1 spiro atoms. The Kier molecular flexibility index (Phi) is 3.93. The van der Waals surface area contributed by atoms with E-state index in [1.807, 2.05) is 7.05 Å². The van der Waals surface area contributed by atoms with Gasteiger partial charge in [0.05, 0.1) is 13.2 Å². The van der Waals surface area contributed by atoms with Crippen molar-refractivity contribution in [1.82, 2.24) is 10.2 Å². The molecule has 0 bridgehead atoms. The Morgan fingerprint density at radius 3 is 2.55 bits per heavy atom. The molecule has 0 atom stereocenters. The minimum Gasteiger partial charge on any atom is -0.380 e. The molecule has 2 aliphatic heterocycles. The quantitative estimate of drug-likeness (QED) is 0.622. The Morgan fingerprint density at radius 2 is 1.95 bits per heavy atom. The van der Waals surface area contributed by atoms with Gasteiger partial charge in [0, 0.05) is 32.1 Å². The van der Waals surface area contributed by atoms with Gasteiger partial charge >= 0.3 is 0 Å². The molecule has 3 rings (SSSR count). The smallest absolute Gasteiger partial charge is 0.193 e. The maximum absolute atomic E-state index is 5.33. The Labute approximate surface area is 123 Å². The van der Waals surface area contributed by atoms with E-state index >= 15 is 0 Å². The highest BCUT2D eigenvalue weighted by atomic mass is 16.5. The standard InChI is InChI=1S/C16H29N3O/c1-15(12-20-13-15)10-18-14(17-2)19-9-8-16(11-19)6-4-3-5-7-16/h3-13H2,1-2H3,(H,17,18). The second-order valence-corrected chi connectivity index (χ2v) is 7.44. The summed E-state index contributed by atoms with van der Waals surface area (Å²) in [5, 5.41) is 3.57. The van der Waals surface area contributed by atoms with Crippen LogP contribution in [0.1, 0.15) is 45.4 Å². The van der Waals surface area contributed by atoms with Gasteiger partial charge in [-0.2, -0.15) is 0 Å². The van der Waals surface area contributed by atoms with Gasteiger partial charge in [-0.15, -0.1) is 0 Å². The molecule has 0 aromatic rings. The van der Waals surface area contributed by atoms with E-state index in [1.165, 1.54) is 51.6 Å². The van der Waals surface area contributed by atoms with Crippen LogP contribution in [0.15, 0.2) is 4.99 Å². The molecule has 0 unspecified atom stereocenters. The number of aliphatic imine (C=N–C) groups is 1. The molecule has 0 aromatic carbocycles. The summed E-state index contributed by atoms with van der Waals surface area (Å²) < 4.78 is 5.33. The third-order valence-electron chi connectivity index (χ3n) is 5.44. The van der Waals surface area contributed by atoms with Crippen molar-refractivity contribution in [2.45, 2.75) is 45.4 Å². The lowest BCUT2D eigenvalue weighted by molar-refractivity contribution is -0.0972. The predicted molar refractivity (Wildman–Crippen MR) is 82.0 cm³/mol. The van der Waals surface area contributed by atoms with Crippen LogP contribution in [-0.2, 0) is 4.74 Å². The van der Waals surface area contributed by atoms with Crippen molar-refractivity contribution in [2.24, 2.45) is 15.8 Å². The van der Waals surface area contributed by atoms with Crippen molar-refractivity contribution in [3.63, 3.8) is 0 Å². The van der Waals surface area contributed by atoms with E-state index < -0.39 is 0 Å². The fourth-order valence-corrected chi connectivity index (χ4v) is 4.00. The SMILES string of the molecule is CN=C(NCC1(C)COC1)N1CCC2(CCCCC2)C1. The first-order valence-electron chi connectivity index (χ1n) is 8.18. The molecule has 114 valence electrons. The van der Waals surface area contributed by atoms with Crippen molar-refractivity contribution in [1.29, 1.82) is 0 Å². The van der Waals surface area contributed by atoms with Crippen LogP contribution in [0.4, 0.5) is 0 Å². The van der Waals surface area contributed by atoms with Crippen LogP contribution >= 0.6 is 0 Å². The van der Waals surface area contributed by atoms with E-state index in [0.29, 0.717) is 10.8 Å². The first-order valence-corrected chi connectivity index (χ1v) is 8.18. The normalized spacial score (nSPS) is 28.5. The van der Waals surface area contributed by atoms with Crippen LogP contribution in [0.25, 0.3) is 0 Å². The maximum atomic E-state index is 5.33. The van der Waals surface area contributed by atoms with Gasteiger partial charge in [-0.1, -0.05) is 26.2 Å². The summed E-state index contributed by atoms with van der Waals surface area (Å²) in [6, 6.07) is 0. The van der Waals surface area contributed by atoms with Crippen molar-refractivity contribution in [2.75, 3.05) is 39.9 Å². The van der Waals surface area contributed by atoms with Crippen LogP contribution in [0.5, 0.6) is 0 Å². The molecule has 1 aliphatic carbocycles.